The molecular weight excluding hydrogens is 541 g/mol. The van der Waals surface area contributed by atoms with E-state index in [0.29, 0.717) is 23.7 Å². The highest BCUT2D eigenvalue weighted by Crippen LogP contribution is 2.43. The molecule has 2 heterocycles. The summed E-state index contributed by atoms with van der Waals surface area (Å²) in [5, 5.41) is 11.7. The minimum atomic E-state index is -0.935. The van der Waals surface area contributed by atoms with Crippen molar-refractivity contribution in [2.45, 2.75) is 19.2 Å². The van der Waals surface area contributed by atoms with Crippen LogP contribution in [0.4, 0.5) is 0 Å². The first-order valence-corrected chi connectivity index (χ1v) is 12.7. The third-order valence-electron chi connectivity index (χ3n) is 6.34. The van der Waals surface area contributed by atoms with Gasteiger partial charge in [-0.15, -0.1) is 0 Å². The number of halogens is 2. The number of aliphatic hydroxyl groups excluding tert-OH is 1. The van der Waals surface area contributed by atoms with Crippen molar-refractivity contribution in [2.24, 2.45) is 0 Å². The summed E-state index contributed by atoms with van der Waals surface area (Å²) in [4.78, 5) is 28.0. The Balaban J connectivity index is 1.59. The van der Waals surface area contributed by atoms with Gasteiger partial charge < -0.3 is 23.9 Å². The lowest BCUT2D eigenvalue weighted by atomic mass is 9.95. The van der Waals surface area contributed by atoms with Gasteiger partial charge >= 0.3 is 0 Å². The smallest absolute Gasteiger partial charge is 0.296 e. The second-order valence-electron chi connectivity index (χ2n) is 8.83. The number of hydrogen-bond acceptors (Lipinski definition) is 6. The summed E-state index contributed by atoms with van der Waals surface area (Å²) in [6.45, 7) is 0.345. The van der Waals surface area contributed by atoms with E-state index in [2.05, 4.69) is 0 Å². The number of aliphatic hydroxyl groups is 1. The van der Waals surface area contributed by atoms with Crippen LogP contribution in [0.3, 0.4) is 0 Å². The zero-order valence-corrected chi connectivity index (χ0v) is 22.3. The maximum atomic E-state index is 13.4. The van der Waals surface area contributed by atoms with E-state index in [9.17, 15) is 14.7 Å². The van der Waals surface area contributed by atoms with Crippen molar-refractivity contribution in [1.29, 1.82) is 0 Å². The van der Waals surface area contributed by atoms with Crippen molar-refractivity contribution in [3.8, 4) is 11.5 Å². The quantitative estimate of drug-likeness (QED) is 0.144. The molecule has 1 unspecified atom stereocenters. The molecule has 1 saturated heterocycles. The van der Waals surface area contributed by atoms with Crippen molar-refractivity contribution >= 4 is 40.7 Å². The number of amides is 1. The lowest BCUT2D eigenvalue weighted by molar-refractivity contribution is -0.140. The van der Waals surface area contributed by atoms with Gasteiger partial charge in [-0.3, -0.25) is 9.59 Å². The number of hydrogen-bond donors (Lipinski definition) is 1. The highest BCUT2D eigenvalue weighted by molar-refractivity contribution is 6.46. The van der Waals surface area contributed by atoms with Crippen molar-refractivity contribution < 1.29 is 28.6 Å². The molecule has 3 aromatic carbocycles. The van der Waals surface area contributed by atoms with Crippen molar-refractivity contribution in [3.63, 3.8) is 0 Å². The van der Waals surface area contributed by atoms with Gasteiger partial charge in [-0.25, -0.2) is 0 Å². The molecule has 9 heteroatoms. The summed E-state index contributed by atoms with van der Waals surface area (Å²) in [6, 6.07) is 22.1. The van der Waals surface area contributed by atoms with E-state index >= 15 is 0 Å². The Labute approximate surface area is 234 Å². The number of furan rings is 1. The largest absolute Gasteiger partial charge is 0.507 e. The monoisotopic (exact) mass is 563 g/mol. The van der Waals surface area contributed by atoms with Crippen LogP contribution in [-0.4, -0.2) is 28.8 Å². The molecule has 0 spiro atoms. The predicted molar refractivity (Wildman–Crippen MR) is 147 cm³/mol. The normalized spacial score (nSPS) is 16.5. The molecule has 1 aliphatic heterocycles. The fourth-order valence-corrected chi connectivity index (χ4v) is 5.16. The minimum absolute atomic E-state index is 0.0121. The molecule has 1 fully saturated rings. The molecule has 5 rings (SSSR count). The zero-order valence-electron chi connectivity index (χ0n) is 20.8. The fraction of sp³-hybridized carbons (Fsp3) is 0.133. The standard InChI is InChI=1S/C30H23Cl2NO6/c1-37-29-23(31)14-20(15-24(29)32)27(34)25-26(33(30(36)28(25)35)16-22-11-6-12-38-22)19-9-5-10-21(13-19)39-17-18-7-3-2-4-8-18/h2-15,26,34H,16-17H2,1H3/b27-25+. The Morgan fingerprint density at radius 2 is 1.72 bits per heavy atom. The van der Waals surface area contributed by atoms with Crippen LogP contribution in [0.15, 0.2) is 95.1 Å². The highest BCUT2D eigenvalue weighted by Gasteiger charge is 2.46. The molecular formula is C30H23Cl2NO6. The fourth-order valence-electron chi connectivity index (χ4n) is 4.52. The third-order valence-corrected chi connectivity index (χ3v) is 6.91. The Morgan fingerprint density at radius 3 is 2.38 bits per heavy atom. The minimum Gasteiger partial charge on any atom is -0.507 e. The third kappa shape index (κ3) is 5.37. The van der Waals surface area contributed by atoms with Crippen LogP contribution in [0.2, 0.25) is 10.0 Å². The topological polar surface area (TPSA) is 89.2 Å². The second-order valence-corrected chi connectivity index (χ2v) is 9.64. The SMILES string of the molecule is COc1c(Cl)cc(/C(O)=C2\C(=O)C(=O)N(Cc3ccco3)C2c2cccc(OCc3ccccc3)c2)cc1Cl. The number of Topliss-reactive ketones (excluding diaryl/α,β-unsaturated/α-hetero) is 1. The number of methoxy groups -OCH3 is 1. The number of benzene rings is 3. The van der Waals surface area contributed by atoms with Gasteiger partial charge in [0.05, 0.1) is 41.6 Å². The van der Waals surface area contributed by atoms with Gasteiger partial charge in [0.1, 0.15) is 23.9 Å². The predicted octanol–water partition coefficient (Wildman–Crippen LogP) is 6.80. The zero-order chi connectivity index (χ0) is 27.5. The van der Waals surface area contributed by atoms with E-state index in [1.165, 1.54) is 30.4 Å². The van der Waals surface area contributed by atoms with Gasteiger partial charge in [-0.1, -0.05) is 65.7 Å². The molecule has 1 aliphatic rings. The summed E-state index contributed by atoms with van der Waals surface area (Å²) < 4.78 is 16.6. The van der Waals surface area contributed by atoms with Gasteiger partial charge in [0.2, 0.25) is 0 Å². The van der Waals surface area contributed by atoms with E-state index in [1.54, 1.807) is 36.4 Å². The Morgan fingerprint density at radius 1 is 0.974 bits per heavy atom. The van der Waals surface area contributed by atoms with E-state index < -0.39 is 23.5 Å². The molecule has 0 radical (unpaired) electrons. The summed E-state index contributed by atoms with van der Waals surface area (Å²) in [7, 11) is 1.42. The van der Waals surface area contributed by atoms with Crippen molar-refractivity contribution in [2.75, 3.05) is 7.11 Å². The van der Waals surface area contributed by atoms with Gasteiger partial charge in [0, 0.05) is 5.56 Å². The molecule has 39 heavy (non-hydrogen) atoms. The molecule has 1 aromatic heterocycles. The van der Waals surface area contributed by atoms with Gasteiger partial charge in [0.25, 0.3) is 11.7 Å². The molecule has 0 bridgehead atoms. The first-order chi connectivity index (χ1) is 18.9. The molecule has 1 amide bonds. The van der Waals surface area contributed by atoms with Crippen LogP contribution >= 0.6 is 23.2 Å². The second kappa shape index (κ2) is 11.3. The maximum absolute atomic E-state index is 13.4. The number of ether oxygens (including phenoxy) is 2. The first-order valence-electron chi connectivity index (χ1n) is 12.0. The average molecular weight is 564 g/mol. The van der Waals surface area contributed by atoms with Crippen molar-refractivity contribution in [1.82, 2.24) is 4.90 Å². The molecule has 7 nitrogen and oxygen atoms in total. The Kier molecular flexibility index (Phi) is 7.63. The van der Waals surface area contributed by atoms with E-state index in [-0.39, 0.29) is 33.5 Å². The van der Waals surface area contributed by atoms with Crippen molar-refractivity contribution in [3.05, 3.63) is 123 Å². The molecule has 1 atom stereocenters. The number of carbonyl (C=O) groups is 2. The first kappa shape index (κ1) is 26.4. The summed E-state index contributed by atoms with van der Waals surface area (Å²) in [5.74, 6) is -0.790. The Bertz CT molecular complexity index is 1530. The number of likely N-dealkylation sites (tertiary alicyclic amines) is 1. The number of rotatable bonds is 8. The Hall–Kier alpha value is -4.20. The van der Waals surface area contributed by atoms with Gasteiger partial charge in [-0.2, -0.15) is 0 Å². The van der Waals surface area contributed by atoms with E-state index in [1.807, 2.05) is 30.3 Å². The molecule has 1 N–H and O–H groups in total. The highest BCUT2D eigenvalue weighted by atomic mass is 35.5. The lowest BCUT2D eigenvalue weighted by Gasteiger charge is -2.25. The maximum Gasteiger partial charge on any atom is 0.296 e. The van der Waals surface area contributed by atoms with Crippen LogP contribution in [0.25, 0.3) is 5.76 Å². The van der Waals surface area contributed by atoms with Gasteiger partial charge in [0.15, 0.2) is 5.75 Å². The number of carbonyl (C=O) groups excluding carboxylic acids is 2. The van der Waals surface area contributed by atoms with E-state index in [0.717, 1.165) is 5.56 Å². The molecule has 0 aliphatic carbocycles. The molecule has 4 aromatic rings. The van der Waals surface area contributed by atoms with Crippen LogP contribution in [-0.2, 0) is 22.7 Å². The van der Waals surface area contributed by atoms with Crippen LogP contribution in [0.1, 0.15) is 28.5 Å². The van der Waals surface area contributed by atoms with Crippen LogP contribution in [0, 0.1) is 0 Å². The average Bonchev–Trinajstić information content (AvgIpc) is 3.54. The summed E-state index contributed by atoms with van der Waals surface area (Å²) in [6.07, 6.45) is 1.49. The molecule has 198 valence electrons. The lowest BCUT2D eigenvalue weighted by Crippen LogP contribution is -2.29. The van der Waals surface area contributed by atoms with Crippen LogP contribution < -0.4 is 9.47 Å². The number of ketones is 1. The summed E-state index contributed by atoms with van der Waals surface area (Å²) in [5.41, 5.74) is 1.62. The van der Waals surface area contributed by atoms with Gasteiger partial charge in [-0.05, 0) is 47.5 Å². The summed E-state index contributed by atoms with van der Waals surface area (Å²) >= 11 is 12.6. The van der Waals surface area contributed by atoms with Crippen LogP contribution in [0.5, 0.6) is 11.5 Å². The molecule has 0 saturated carbocycles. The van der Waals surface area contributed by atoms with E-state index in [4.69, 9.17) is 37.1 Å². The number of nitrogens with zero attached hydrogens (tertiary/aromatic N) is 1.